The number of hydrogen-bond acceptors (Lipinski definition) is 4. The third kappa shape index (κ3) is 2.14. The molecule has 0 aliphatic carbocycles. The van der Waals surface area contributed by atoms with Gasteiger partial charge in [0.25, 0.3) is 5.56 Å². The second kappa shape index (κ2) is 4.48. The van der Waals surface area contributed by atoms with E-state index in [1.54, 1.807) is 11.8 Å². The van der Waals surface area contributed by atoms with Crippen LogP contribution in [0.3, 0.4) is 0 Å². The van der Waals surface area contributed by atoms with Gasteiger partial charge in [-0.25, -0.2) is 4.98 Å². The lowest BCUT2D eigenvalue weighted by atomic mass is 10.2. The number of rotatable bonds is 1. The van der Waals surface area contributed by atoms with Crippen LogP contribution in [-0.2, 0) is 12.2 Å². The zero-order chi connectivity index (χ0) is 11.8. The van der Waals surface area contributed by atoms with Crippen LogP contribution in [-0.4, -0.2) is 15.7 Å². The van der Waals surface area contributed by atoms with Crippen LogP contribution < -0.4 is 5.56 Å². The van der Waals surface area contributed by atoms with Gasteiger partial charge in [-0.3, -0.25) is 4.79 Å². The normalized spacial score (nSPS) is 14.6. The molecule has 0 saturated heterocycles. The van der Waals surface area contributed by atoms with Crippen molar-refractivity contribution in [2.75, 3.05) is 5.75 Å². The van der Waals surface area contributed by atoms with Crippen molar-refractivity contribution in [1.82, 2.24) is 9.97 Å². The Kier molecular flexibility index (Phi) is 2.98. The topological polar surface area (TPSA) is 45.8 Å². The average molecular weight is 285 g/mol. The van der Waals surface area contributed by atoms with Crippen molar-refractivity contribution in [3.63, 3.8) is 0 Å². The number of fused-ring (bicyclic) bond motifs is 1. The molecule has 3 rings (SSSR count). The summed E-state index contributed by atoms with van der Waals surface area (Å²) >= 11 is 9.10. The maximum atomic E-state index is 11.9. The first-order chi connectivity index (χ1) is 8.24. The lowest BCUT2D eigenvalue weighted by Gasteiger charge is -2.13. The number of aromatic amines is 1. The molecule has 0 unspecified atom stereocenters. The molecule has 88 valence electrons. The van der Waals surface area contributed by atoms with Gasteiger partial charge in [0.2, 0.25) is 0 Å². The number of thiophene rings is 1. The summed E-state index contributed by atoms with van der Waals surface area (Å²) in [6.07, 6.45) is 0.871. The van der Waals surface area contributed by atoms with Crippen molar-refractivity contribution in [3.8, 4) is 10.7 Å². The number of H-pyrrole nitrogens is 1. The Morgan fingerprint density at radius 2 is 2.29 bits per heavy atom. The van der Waals surface area contributed by atoms with Crippen LogP contribution in [0.2, 0.25) is 4.34 Å². The smallest absolute Gasteiger partial charge is 0.255 e. The van der Waals surface area contributed by atoms with Crippen molar-refractivity contribution in [3.05, 3.63) is 38.1 Å². The SMILES string of the molecule is O=c1[nH]c(-c2ccc(Cl)s2)nc2c1CSCC2. The van der Waals surface area contributed by atoms with E-state index < -0.39 is 0 Å². The van der Waals surface area contributed by atoms with Gasteiger partial charge >= 0.3 is 0 Å². The summed E-state index contributed by atoms with van der Waals surface area (Å²) in [6.45, 7) is 0. The van der Waals surface area contributed by atoms with E-state index in [1.165, 1.54) is 11.3 Å². The van der Waals surface area contributed by atoms with E-state index in [1.807, 2.05) is 12.1 Å². The summed E-state index contributed by atoms with van der Waals surface area (Å²) in [5.41, 5.74) is 1.75. The molecule has 1 aliphatic heterocycles. The van der Waals surface area contributed by atoms with Gasteiger partial charge in [0.1, 0.15) is 0 Å². The van der Waals surface area contributed by atoms with E-state index in [0.29, 0.717) is 10.2 Å². The lowest BCUT2D eigenvalue weighted by Crippen LogP contribution is -2.21. The molecule has 0 bridgehead atoms. The highest BCUT2D eigenvalue weighted by atomic mass is 35.5. The Labute approximate surface area is 111 Å². The molecule has 0 radical (unpaired) electrons. The summed E-state index contributed by atoms with van der Waals surface area (Å²) in [5.74, 6) is 2.44. The number of hydrogen-bond donors (Lipinski definition) is 1. The van der Waals surface area contributed by atoms with Gasteiger partial charge in [-0.2, -0.15) is 11.8 Å². The standard InChI is InChI=1S/C11H9ClN2OS2/c12-9-2-1-8(17-9)10-13-7-3-4-16-5-6(7)11(15)14-10/h1-2H,3-5H2,(H,13,14,15). The van der Waals surface area contributed by atoms with Gasteiger partial charge in [0.15, 0.2) is 5.82 Å². The van der Waals surface area contributed by atoms with Crippen LogP contribution >= 0.6 is 34.7 Å². The molecule has 1 aliphatic rings. The first kappa shape index (κ1) is 11.3. The van der Waals surface area contributed by atoms with Crippen molar-refractivity contribution in [2.24, 2.45) is 0 Å². The van der Waals surface area contributed by atoms with E-state index in [0.717, 1.165) is 34.1 Å². The van der Waals surface area contributed by atoms with Gasteiger partial charge in [-0.15, -0.1) is 11.3 Å². The fourth-order valence-electron chi connectivity index (χ4n) is 1.80. The largest absolute Gasteiger partial charge is 0.306 e. The molecule has 2 aromatic heterocycles. The molecule has 17 heavy (non-hydrogen) atoms. The predicted octanol–water partition coefficient (Wildman–Crippen LogP) is 2.94. The summed E-state index contributed by atoms with van der Waals surface area (Å²) in [6, 6.07) is 3.70. The Morgan fingerprint density at radius 3 is 3.06 bits per heavy atom. The Balaban J connectivity index is 2.13. The van der Waals surface area contributed by atoms with Crippen molar-refractivity contribution in [1.29, 1.82) is 0 Å². The van der Waals surface area contributed by atoms with E-state index in [-0.39, 0.29) is 5.56 Å². The highest BCUT2D eigenvalue weighted by Crippen LogP contribution is 2.29. The summed E-state index contributed by atoms with van der Waals surface area (Å²) in [5, 5.41) is 0. The van der Waals surface area contributed by atoms with Gasteiger partial charge in [-0.1, -0.05) is 11.6 Å². The van der Waals surface area contributed by atoms with Crippen LogP contribution in [0.15, 0.2) is 16.9 Å². The number of halogens is 1. The molecule has 0 aromatic carbocycles. The quantitative estimate of drug-likeness (QED) is 0.876. The maximum absolute atomic E-state index is 11.9. The second-order valence-corrected chi connectivity index (χ2v) is 6.57. The third-order valence-electron chi connectivity index (χ3n) is 2.64. The monoisotopic (exact) mass is 284 g/mol. The number of aryl methyl sites for hydroxylation is 1. The van der Waals surface area contributed by atoms with Crippen LogP contribution in [0.5, 0.6) is 0 Å². The molecule has 0 amide bonds. The predicted molar refractivity (Wildman–Crippen MR) is 73.0 cm³/mol. The van der Waals surface area contributed by atoms with Crippen LogP contribution in [0.1, 0.15) is 11.3 Å². The molecule has 6 heteroatoms. The molecule has 3 nitrogen and oxygen atoms in total. The summed E-state index contributed by atoms with van der Waals surface area (Å²) in [4.78, 5) is 20.2. The molecular weight excluding hydrogens is 276 g/mol. The number of nitrogens with one attached hydrogen (secondary N) is 1. The first-order valence-corrected chi connectivity index (χ1v) is 7.54. The van der Waals surface area contributed by atoms with Gasteiger partial charge in [-0.05, 0) is 24.3 Å². The molecule has 0 atom stereocenters. The molecular formula is C11H9ClN2OS2. The number of thioether (sulfide) groups is 1. The minimum atomic E-state index is -0.0123. The average Bonchev–Trinajstić information content (AvgIpc) is 2.76. The van der Waals surface area contributed by atoms with Crippen LogP contribution in [0.4, 0.5) is 0 Å². The molecule has 0 spiro atoms. The first-order valence-electron chi connectivity index (χ1n) is 5.19. The van der Waals surface area contributed by atoms with E-state index >= 15 is 0 Å². The molecule has 2 aromatic rings. The summed E-state index contributed by atoms with van der Waals surface area (Å²) in [7, 11) is 0. The summed E-state index contributed by atoms with van der Waals surface area (Å²) < 4.78 is 0.705. The Hall–Kier alpha value is -0.780. The molecule has 3 heterocycles. The fraction of sp³-hybridized carbons (Fsp3) is 0.273. The van der Waals surface area contributed by atoms with Gasteiger partial charge in [0.05, 0.1) is 14.9 Å². The minimum absolute atomic E-state index is 0.0123. The minimum Gasteiger partial charge on any atom is -0.306 e. The molecule has 0 fully saturated rings. The lowest BCUT2D eigenvalue weighted by molar-refractivity contribution is 0.940. The second-order valence-electron chi connectivity index (χ2n) is 3.75. The fourth-order valence-corrected chi connectivity index (χ4v) is 3.77. The zero-order valence-electron chi connectivity index (χ0n) is 8.83. The van der Waals surface area contributed by atoms with Crippen LogP contribution in [0.25, 0.3) is 10.7 Å². The van der Waals surface area contributed by atoms with Crippen molar-refractivity contribution < 1.29 is 0 Å². The van der Waals surface area contributed by atoms with Crippen molar-refractivity contribution >= 4 is 34.7 Å². The number of aromatic nitrogens is 2. The maximum Gasteiger partial charge on any atom is 0.255 e. The highest BCUT2D eigenvalue weighted by molar-refractivity contribution is 7.98. The molecule has 1 N–H and O–H groups in total. The van der Waals surface area contributed by atoms with E-state index in [9.17, 15) is 4.79 Å². The van der Waals surface area contributed by atoms with E-state index in [2.05, 4.69) is 9.97 Å². The van der Waals surface area contributed by atoms with Gasteiger partial charge < -0.3 is 4.98 Å². The molecule has 0 saturated carbocycles. The van der Waals surface area contributed by atoms with Crippen LogP contribution in [0, 0.1) is 0 Å². The van der Waals surface area contributed by atoms with E-state index in [4.69, 9.17) is 11.6 Å². The van der Waals surface area contributed by atoms with Crippen molar-refractivity contribution in [2.45, 2.75) is 12.2 Å². The Morgan fingerprint density at radius 1 is 1.41 bits per heavy atom. The highest BCUT2D eigenvalue weighted by Gasteiger charge is 2.16. The third-order valence-corrected chi connectivity index (χ3v) is 4.86. The Bertz CT molecular complexity index is 620. The van der Waals surface area contributed by atoms with Gasteiger partial charge in [0, 0.05) is 11.3 Å². The zero-order valence-corrected chi connectivity index (χ0v) is 11.2. The number of nitrogens with zero attached hydrogens (tertiary/aromatic N) is 1.